The SMILES string of the molecule is COc1ccccc1C=Nc1ccc(NC(=O)c2ccco2)c(OC)c1. The number of furan rings is 1. The summed E-state index contributed by atoms with van der Waals surface area (Å²) < 4.78 is 15.7. The summed E-state index contributed by atoms with van der Waals surface area (Å²) >= 11 is 0. The third-order valence-electron chi connectivity index (χ3n) is 3.67. The van der Waals surface area contributed by atoms with Crippen LogP contribution in [0.25, 0.3) is 0 Å². The van der Waals surface area contributed by atoms with E-state index in [4.69, 9.17) is 13.9 Å². The Morgan fingerprint density at radius 2 is 1.85 bits per heavy atom. The molecule has 6 heteroatoms. The van der Waals surface area contributed by atoms with E-state index in [1.54, 1.807) is 43.7 Å². The van der Waals surface area contributed by atoms with Crippen LogP contribution in [-0.4, -0.2) is 26.3 Å². The maximum absolute atomic E-state index is 12.1. The molecule has 0 aliphatic heterocycles. The van der Waals surface area contributed by atoms with Gasteiger partial charge in [-0.2, -0.15) is 0 Å². The number of rotatable bonds is 6. The summed E-state index contributed by atoms with van der Waals surface area (Å²) in [4.78, 5) is 16.6. The fraction of sp³-hybridized carbons (Fsp3) is 0.100. The molecule has 0 saturated carbocycles. The van der Waals surface area contributed by atoms with Gasteiger partial charge in [-0.25, -0.2) is 0 Å². The molecule has 0 spiro atoms. The number of methoxy groups -OCH3 is 2. The third-order valence-corrected chi connectivity index (χ3v) is 3.67. The predicted octanol–water partition coefficient (Wildman–Crippen LogP) is 4.30. The lowest BCUT2D eigenvalue weighted by atomic mass is 10.2. The minimum absolute atomic E-state index is 0.227. The molecule has 0 aliphatic rings. The van der Waals surface area contributed by atoms with Crippen molar-refractivity contribution >= 4 is 23.5 Å². The second kappa shape index (κ2) is 8.02. The Labute approximate surface area is 151 Å². The van der Waals surface area contributed by atoms with Gasteiger partial charge in [-0.3, -0.25) is 9.79 Å². The predicted molar refractivity (Wildman–Crippen MR) is 99.9 cm³/mol. The Balaban J connectivity index is 1.80. The second-order valence-electron chi connectivity index (χ2n) is 5.32. The first-order valence-corrected chi connectivity index (χ1v) is 7.91. The Morgan fingerprint density at radius 1 is 1.04 bits per heavy atom. The monoisotopic (exact) mass is 350 g/mol. The van der Waals surface area contributed by atoms with Gasteiger partial charge in [-0.15, -0.1) is 0 Å². The molecule has 0 atom stereocenters. The van der Waals surface area contributed by atoms with Crippen LogP contribution in [0.4, 0.5) is 11.4 Å². The van der Waals surface area contributed by atoms with E-state index in [9.17, 15) is 4.79 Å². The van der Waals surface area contributed by atoms with E-state index in [1.807, 2.05) is 24.3 Å². The highest BCUT2D eigenvalue weighted by molar-refractivity contribution is 6.03. The first kappa shape index (κ1) is 17.3. The van der Waals surface area contributed by atoms with Crippen LogP contribution in [0.1, 0.15) is 16.1 Å². The fourth-order valence-corrected chi connectivity index (χ4v) is 2.37. The number of anilines is 1. The molecule has 1 N–H and O–H groups in total. The normalized spacial score (nSPS) is 10.7. The van der Waals surface area contributed by atoms with Gasteiger partial charge in [-0.1, -0.05) is 12.1 Å². The number of amides is 1. The number of nitrogens with one attached hydrogen (secondary N) is 1. The van der Waals surface area contributed by atoms with E-state index in [1.165, 1.54) is 13.4 Å². The van der Waals surface area contributed by atoms with E-state index in [0.717, 1.165) is 11.3 Å². The number of nitrogens with zero attached hydrogens (tertiary/aromatic N) is 1. The highest BCUT2D eigenvalue weighted by Gasteiger charge is 2.12. The number of hydrogen-bond donors (Lipinski definition) is 1. The molecule has 1 aromatic heterocycles. The maximum atomic E-state index is 12.1. The number of ether oxygens (including phenoxy) is 2. The Hall–Kier alpha value is -3.54. The molecule has 0 fully saturated rings. The molecule has 3 aromatic rings. The van der Waals surface area contributed by atoms with Crippen molar-refractivity contribution in [3.63, 3.8) is 0 Å². The van der Waals surface area contributed by atoms with Crippen LogP contribution in [0.15, 0.2) is 70.3 Å². The number of hydrogen-bond acceptors (Lipinski definition) is 5. The lowest BCUT2D eigenvalue weighted by Crippen LogP contribution is -2.11. The Morgan fingerprint density at radius 3 is 2.58 bits per heavy atom. The molecule has 6 nitrogen and oxygen atoms in total. The first-order chi connectivity index (χ1) is 12.7. The molecule has 0 bridgehead atoms. The number of para-hydroxylation sites is 1. The van der Waals surface area contributed by atoms with Gasteiger partial charge in [0.2, 0.25) is 0 Å². The molecule has 0 unspecified atom stereocenters. The molecule has 0 aliphatic carbocycles. The summed E-state index contributed by atoms with van der Waals surface area (Å²) in [7, 11) is 3.15. The minimum atomic E-state index is -0.349. The number of aliphatic imine (C=N–C) groups is 1. The summed E-state index contributed by atoms with van der Waals surface area (Å²) in [5, 5.41) is 2.75. The van der Waals surface area contributed by atoms with Gasteiger partial charge in [0.15, 0.2) is 5.76 Å². The Kier molecular flexibility index (Phi) is 5.34. The lowest BCUT2D eigenvalue weighted by Gasteiger charge is -2.10. The topological polar surface area (TPSA) is 73.1 Å². The smallest absolute Gasteiger partial charge is 0.291 e. The van der Waals surface area contributed by atoms with E-state index in [2.05, 4.69) is 10.3 Å². The van der Waals surface area contributed by atoms with Crippen molar-refractivity contribution in [3.8, 4) is 11.5 Å². The van der Waals surface area contributed by atoms with Crippen molar-refractivity contribution in [2.24, 2.45) is 4.99 Å². The van der Waals surface area contributed by atoms with Gasteiger partial charge in [0.05, 0.1) is 31.9 Å². The number of carbonyl (C=O) groups is 1. The van der Waals surface area contributed by atoms with Crippen LogP contribution in [0, 0.1) is 0 Å². The van der Waals surface area contributed by atoms with E-state index < -0.39 is 0 Å². The van der Waals surface area contributed by atoms with Crippen molar-refractivity contribution < 1.29 is 18.7 Å². The molecular weight excluding hydrogens is 332 g/mol. The van der Waals surface area contributed by atoms with Crippen LogP contribution in [0.2, 0.25) is 0 Å². The van der Waals surface area contributed by atoms with E-state index >= 15 is 0 Å². The average Bonchev–Trinajstić information content (AvgIpc) is 3.22. The zero-order valence-corrected chi connectivity index (χ0v) is 14.4. The highest BCUT2D eigenvalue weighted by Crippen LogP contribution is 2.30. The lowest BCUT2D eigenvalue weighted by molar-refractivity contribution is 0.0996. The van der Waals surface area contributed by atoms with Gasteiger partial charge in [0, 0.05) is 17.8 Å². The molecule has 26 heavy (non-hydrogen) atoms. The third kappa shape index (κ3) is 3.92. The average molecular weight is 350 g/mol. The Bertz CT molecular complexity index is 917. The van der Waals surface area contributed by atoms with Gasteiger partial charge < -0.3 is 19.2 Å². The van der Waals surface area contributed by atoms with Crippen molar-refractivity contribution in [2.45, 2.75) is 0 Å². The van der Waals surface area contributed by atoms with Crippen molar-refractivity contribution in [1.29, 1.82) is 0 Å². The quantitative estimate of drug-likeness (QED) is 0.673. The summed E-state index contributed by atoms with van der Waals surface area (Å²) in [5.41, 5.74) is 2.08. The van der Waals surface area contributed by atoms with Crippen LogP contribution >= 0.6 is 0 Å². The standard InChI is InChI=1S/C20H18N2O4/c1-24-17-7-4-3-6-14(17)13-21-15-9-10-16(19(12-15)25-2)22-20(23)18-8-5-11-26-18/h3-13H,1-2H3,(H,22,23). The van der Waals surface area contributed by atoms with Crippen LogP contribution in [0.5, 0.6) is 11.5 Å². The van der Waals surface area contributed by atoms with Crippen LogP contribution < -0.4 is 14.8 Å². The molecule has 3 rings (SSSR count). The molecule has 1 amide bonds. The first-order valence-electron chi connectivity index (χ1n) is 7.91. The fourth-order valence-electron chi connectivity index (χ4n) is 2.37. The maximum Gasteiger partial charge on any atom is 0.291 e. The van der Waals surface area contributed by atoms with Crippen LogP contribution in [0.3, 0.4) is 0 Å². The second-order valence-corrected chi connectivity index (χ2v) is 5.32. The summed E-state index contributed by atoms with van der Waals surface area (Å²) in [6.45, 7) is 0. The van der Waals surface area contributed by atoms with Gasteiger partial charge >= 0.3 is 0 Å². The highest BCUT2D eigenvalue weighted by atomic mass is 16.5. The molecule has 0 radical (unpaired) electrons. The van der Waals surface area contributed by atoms with Gasteiger partial charge in [-0.05, 0) is 36.4 Å². The molecule has 132 valence electrons. The molecular formula is C20H18N2O4. The van der Waals surface area contributed by atoms with Crippen molar-refractivity contribution in [3.05, 3.63) is 72.2 Å². The van der Waals surface area contributed by atoms with Crippen molar-refractivity contribution in [2.75, 3.05) is 19.5 Å². The van der Waals surface area contributed by atoms with E-state index in [0.29, 0.717) is 17.1 Å². The minimum Gasteiger partial charge on any atom is -0.496 e. The largest absolute Gasteiger partial charge is 0.496 e. The van der Waals surface area contributed by atoms with E-state index in [-0.39, 0.29) is 11.7 Å². The summed E-state index contributed by atoms with van der Waals surface area (Å²) in [6, 6.07) is 16.1. The molecule has 2 aromatic carbocycles. The van der Waals surface area contributed by atoms with Crippen molar-refractivity contribution in [1.82, 2.24) is 0 Å². The van der Waals surface area contributed by atoms with Crippen LogP contribution in [-0.2, 0) is 0 Å². The van der Waals surface area contributed by atoms with Gasteiger partial charge in [0.25, 0.3) is 5.91 Å². The number of benzene rings is 2. The molecule has 1 heterocycles. The number of carbonyl (C=O) groups excluding carboxylic acids is 1. The zero-order valence-electron chi connectivity index (χ0n) is 14.4. The molecule has 0 saturated heterocycles. The zero-order chi connectivity index (χ0) is 18.4. The summed E-state index contributed by atoms with van der Waals surface area (Å²) in [6.07, 6.45) is 3.16. The van der Waals surface area contributed by atoms with Gasteiger partial charge in [0.1, 0.15) is 11.5 Å². The summed E-state index contributed by atoms with van der Waals surface area (Å²) in [5.74, 6) is 1.12.